The molecule has 2 unspecified atom stereocenters. The van der Waals surface area contributed by atoms with Gasteiger partial charge in [-0.2, -0.15) is 0 Å². The van der Waals surface area contributed by atoms with E-state index in [4.69, 9.17) is 5.11 Å². The van der Waals surface area contributed by atoms with Gasteiger partial charge in [0.25, 0.3) is 0 Å². The zero-order valence-corrected chi connectivity index (χ0v) is 14.8. The lowest BCUT2D eigenvalue weighted by Crippen LogP contribution is -2.13. The zero-order valence-electron chi connectivity index (χ0n) is 14.8. The average Bonchev–Trinajstić information content (AvgIpc) is 2.95. The fourth-order valence-corrected chi connectivity index (χ4v) is 3.48. The number of Topliss-reactive ketones (excluding diaryl/α,β-unsaturated/α-hetero) is 1. The van der Waals surface area contributed by atoms with Crippen molar-refractivity contribution in [3.63, 3.8) is 0 Å². The van der Waals surface area contributed by atoms with Crippen LogP contribution in [0.2, 0.25) is 0 Å². The summed E-state index contributed by atoms with van der Waals surface area (Å²) in [6.07, 6.45) is 8.82. The van der Waals surface area contributed by atoms with Crippen LogP contribution in [0.3, 0.4) is 0 Å². The molecule has 0 aliphatic heterocycles. The number of carboxylic acids is 1. The van der Waals surface area contributed by atoms with Gasteiger partial charge < -0.3 is 5.11 Å². The highest BCUT2D eigenvalue weighted by Crippen LogP contribution is 2.34. The minimum atomic E-state index is -0.774. The van der Waals surface area contributed by atoms with E-state index in [1.165, 1.54) is 24.3 Å². The molecular formula is C21H25FO4. The first kappa shape index (κ1) is 20.0. The number of ketones is 2. The molecule has 1 aliphatic rings. The normalized spacial score (nSPS) is 20.0. The van der Waals surface area contributed by atoms with Crippen molar-refractivity contribution in [2.75, 3.05) is 0 Å². The monoisotopic (exact) mass is 360 g/mol. The van der Waals surface area contributed by atoms with Crippen molar-refractivity contribution in [3.05, 3.63) is 47.8 Å². The Balaban J connectivity index is 1.82. The molecule has 0 aromatic heterocycles. The number of hydrogen-bond acceptors (Lipinski definition) is 3. The zero-order chi connectivity index (χ0) is 18.9. The summed E-state index contributed by atoms with van der Waals surface area (Å²) < 4.78 is 13.2. The molecule has 2 atom stereocenters. The maximum atomic E-state index is 13.2. The maximum Gasteiger partial charge on any atom is 0.303 e. The molecule has 4 nitrogen and oxygen atoms in total. The first-order valence-electron chi connectivity index (χ1n) is 9.20. The molecule has 1 N–H and O–H groups in total. The number of rotatable bonds is 10. The van der Waals surface area contributed by atoms with Gasteiger partial charge in [-0.15, -0.1) is 0 Å². The van der Waals surface area contributed by atoms with E-state index in [1.807, 2.05) is 0 Å². The van der Waals surface area contributed by atoms with Crippen molar-refractivity contribution in [1.82, 2.24) is 0 Å². The van der Waals surface area contributed by atoms with Gasteiger partial charge in [-0.25, -0.2) is 4.39 Å². The predicted octanol–water partition coefficient (Wildman–Crippen LogP) is 4.59. The van der Waals surface area contributed by atoms with Crippen LogP contribution in [0, 0.1) is 17.7 Å². The van der Waals surface area contributed by atoms with Crippen molar-refractivity contribution in [2.45, 2.75) is 51.4 Å². The van der Waals surface area contributed by atoms with Crippen molar-refractivity contribution >= 4 is 17.5 Å². The topological polar surface area (TPSA) is 71.4 Å². The Hall–Kier alpha value is -2.30. The minimum Gasteiger partial charge on any atom is -0.481 e. The quantitative estimate of drug-likeness (QED) is 0.376. The third kappa shape index (κ3) is 6.21. The lowest BCUT2D eigenvalue weighted by Gasteiger charge is -2.14. The molecule has 2 rings (SSSR count). The minimum absolute atomic E-state index is 0.0547. The summed E-state index contributed by atoms with van der Waals surface area (Å²) in [5.74, 6) is -1.24. The van der Waals surface area contributed by atoms with Crippen LogP contribution in [0.5, 0.6) is 0 Å². The molecule has 1 aromatic rings. The lowest BCUT2D eigenvalue weighted by molar-refractivity contribution is -0.137. The van der Waals surface area contributed by atoms with Crippen LogP contribution in [0.25, 0.3) is 0 Å². The Morgan fingerprint density at radius 1 is 1.19 bits per heavy atom. The van der Waals surface area contributed by atoms with Crippen LogP contribution in [0.1, 0.15) is 61.7 Å². The highest BCUT2D eigenvalue weighted by atomic mass is 19.1. The van der Waals surface area contributed by atoms with Crippen LogP contribution in [0.4, 0.5) is 4.39 Å². The third-order valence-corrected chi connectivity index (χ3v) is 4.91. The summed E-state index contributed by atoms with van der Waals surface area (Å²) in [7, 11) is 0. The van der Waals surface area contributed by atoms with Gasteiger partial charge in [-0.05, 0) is 43.4 Å². The summed E-state index contributed by atoms with van der Waals surface area (Å²) in [5, 5.41) is 8.61. The van der Waals surface area contributed by atoms with E-state index < -0.39 is 11.8 Å². The van der Waals surface area contributed by atoms with Crippen LogP contribution in [-0.4, -0.2) is 22.6 Å². The van der Waals surface area contributed by atoms with Gasteiger partial charge in [-0.3, -0.25) is 14.4 Å². The van der Waals surface area contributed by atoms with E-state index in [9.17, 15) is 18.8 Å². The Labute approximate surface area is 153 Å². The first-order valence-corrected chi connectivity index (χ1v) is 9.20. The van der Waals surface area contributed by atoms with Gasteiger partial charge in [0, 0.05) is 24.3 Å². The Morgan fingerprint density at radius 2 is 1.96 bits per heavy atom. The molecule has 140 valence electrons. The molecular weight excluding hydrogens is 335 g/mol. The van der Waals surface area contributed by atoms with Crippen LogP contribution in [-0.2, 0) is 9.59 Å². The van der Waals surface area contributed by atoms with Crippen molar-refractivity contribution in [1.29, 1.82) is 0 Å². The smallest absolute Gasteiger partial charge is 0.303 e. The first-order chi connectivity index (χ1) is 12.5. The number of halogens is 1. The largest absolute Gasteiger partial charge is 0.481 e. The molecule has 0 bridgehead atoms. The van der Waals surface area contributed by atoms with E-state index in [2.05, 4.69) is 0 Å². The highest BCUT2D eigenvalue weighted by Gasteiger charge is 2.32. The lowest BCUT2D eigenvalue weighted by atomic mass is 9.89. The number of carbonyl (C=O) groups is 3. The second kappa shape index (κ2) is 10.00. The summed E-state index contributed by atoms with van der Waals surface area (Å²) >= 11 is 0. The van der Waals surface area contributed by atoms with Crippen LogP contribution < -0.4 is 0 Å². The van der Waals surface area contributed by atoms with Gasteiger partial charge in [0.05, 0.1) is 0 Å². The summed E-state index contributed by atoms with van der Waals surface area (Å²) in [6, 6.07) is 5.58. The molecule has 0 radical (unpaired) electrons. The molecule has 0 saturated heterocycles. The van der Waals surface area contributed by atoms with Crippen molar-refractivity contribution in [2.24, 2.45) is 11.8 Å². The Kier molecular flexibility index (Phi) is 7.70. The Bertz CT molecular complexity index is 680. The highest BCUT2D eigenvalue weighted by molar-refractivity contribution is 6.04. The standard InChI is InChI=1S/C21H25FO4/c22-17-7-5-6-16(14-17)19(23)12-10-15-11-13-20(24)18(15)8-3-1-2-4-9-21(25)26/h5-7,10,12,14-15,18H,1-4,8-9,11,13H2,(H,25,26)/b12-10+. The number of unbranched alkanes of at least 4 members (excludes halogenated alkanes) is 3. The van der Waals surface area contributed by atoms with E-state index >= 15 is 0 Å². The third-order valence-electron chi connectivity index (χ3n) is 4.91. The van der Waals surface area contributed by atoms with Gasteiger partial charge in [0.1, 0.15) is 11.6 Å². The fourth-order valence-electron chi connectivity index (χ4n) is 3.48. The number of hydrogen-bond donors (Lipinski definition) is 1. The van der Waals surface area contributed by atoms with Crippen molar-refractivity contribution in [3.8, 4) is 0 Å². The fraction of sp³-hybridized carbons (Fsp3) is 0.476. The number of benzene rings is 1. The number of allylic oxidation sites excluding steroid dienone is 2. The molecule has 0 heterocycles. The van der Waals surface area contributed by atoms with E-state index in [0.717, 1.165) is 32.1 Å². The van der Waals surface area contributed by atoms with Gasteiger partial charge in [-0.1, -0.05) is 37.5 Å². The molecule has 1 aliphatic carbocycles. The van der Waals surface area contributed by atoms with Gasteiger partial charge in [0.2, 0.25) is 0 Å². The van der Waals surface area contributed by atoms with E-state index in [0.29, 0.717) is 18.4 Å². The summed E-state index contributed by atoms with van der Waals surface area (Å²) in [5.41, 5.74) is 0.306. The van der Waals surface area contributed by atoms with Crippen molar-refractivity contribution < 1.29 is 23.9 Å². The number of aliphatic carboxylic acids is 1. The van der Waals surface area contributed by atoms with Crippen LogP contribution >= 0.6 is 0 Å². The molecule has 1 saturated carbocycles. The number of carboxylic acid groups (broad SMARTS) is 1. The maximum absolute atomic E-state index is 13.2. The molecule has 1 aromatic carbocycles. The molecule has 1 fully saturated rings. The number of carbonyl (C=O) groups excluding carboxylic acids is 2. The second-order valence-electron chi connectivity index (χ2n) is 6.86. The summed E-state index contributed by atoms with van der Waals surface area (Å²) in [4.78, 5) is 34.7. The van der Waals surface area contributed by atoms with E-state index in [-0.39, 0.29) is 29.8 Å². The molecule has 5 heteroatoms. The molecule has 26 heavy (non-hydrogen) atoms. The average molecular weight is 360 g/mol. The SMILES string of the molecule is O=C(O)CCCCCCC1C(=O)CCC1/C=C/C(=O)c1cccc(F)c1. The van der Waals surface area contributed by atoms with Gasteiger partial charge in [0.15, 0.2) is 5.78 Å². The van der Waals surface area contributed by atoms with E-state index in [1.54, 1.807) is 12.1 Å². The molecule has 0 amide bonds. The van der Waals surface area contributed by atoms with Crippen LogP contribution in [0.15, 0.2) is 36.4 Å². The second-order valence-corrected chi connectivity index (χ2v) is 6.86. The predicted molar refractivity (Wildman–Crippen MR) is 96.4 cm³/mol. The molecule has 0 spiro atoms. The Morgan fingerprint density at radius 3 is 2.69 bits per heavy atom. The summed E-state index contributed by atoms with van der Waals surface area (Å²) in [6.45, 7) is 0. The van der Waals surface area contributed by atoms with Gasteiger partial charge >= 0.3 is 5.97 Å².